The third-order valence-electron chi connectivity index (χ3n) is 3.61. The van der Waals surface area contributed by atoms with Crippen molar-refractivity contribution < 1.29 is 14.1 Å². The van der Waals surface area contributed by atoms with Gasteiger partial charge in [-0.1, -0.05) is 35.5 Å². The molecule has 1 N–H and O–H groups in total. The molecule has 1 amide bonds. The number of hydrogen-bond acceptors (Lipinski definition) is 5. The molecule has 0 saturated carbocycles. The van der Waals surface area contributed by atoms with E-state index in [4.69, 9.17) is 9.26 Å². The van der Waals surface area contributed by atoms with Crippen LogP contribution in [0.3, 0.4) is 0 Å². The highest BCUT2D eigenvalue weighted by atomic mass is 32.1. The van der Waals surface area contributed by atoms with E-state index in [1.54, 1.807) is 24.5 Å². The summed E-state index contributed by atoms with van der Waals surface area (Å²) in [5.74, 6) is 0.286. The number of methoxy groups -OCH3 is 1. The summed E-state index contributed by atoms with van der Waals surface area (Å²) in [6, 6.07) is 15.2. The number of aromatic nitrogens is 1. The van der Waals surface area contributed by atoms with Crippen LogP contribution in [-0.4, -0.2) is 24.7 Å². The van der Waals surface area contributed by atoms with Gasteiger partial charge in [0, 0.05) is 35.0 Å². The Bertz CT molecular complexity index is 811. The molecule has 0 fully saturated rings. The van der Waals surface area contributed by atoms with Crippen LogP contribution in [-0.2, 0) is 4.74 Å². The minimum Gasteiger partial charge on any atom is -0.374 e. The number of nitrogens with one attached hydrogen (secondary N) is 1. The van der Waals surface area contributed by atoms with Gasteiger partial charge >= 0.3 is 0 Å². The molecule has 0 aliphatic heterocycles. The summed E-state index contributed by atoms with van der Waals surface area (Å²) in [5.41, 5.74) is 1.14. The molecule has 2 aromatic heterocycles. The zero-order valence-corrected chi connectivity index (χ0v) is 14.3. The molecule has 2 heterocycles. The van der Waals surface area contributed by atoms with Crippen molar-refractivity contribution in [3.8, 4) is 11.3 Å². The van der Waals surface area contributed by atoms with E-state index in [0.717, 1.165) is 10.4 Å². The van der Waals surface area contributed by atoms with Crippen LogP contribution in [0.5, 0.6) is 0 Å². The van der Waals surface area contributed by atoms with Gasteiger partial charge in [0.15, 0.2) is 11.5 Å². The van der Waals surface area contributed by atoms with Gasteiger partial charge < -0.3 is 14.6 Å². The standard InChI is InChI=1S/C18H18N2O3S/c1-12-8-9-17(24-12)16(22-2)11-19-18(21)14-10-15(23-20-14)13-6-4-3-5-7-13/h3-10,16H,11H2,1-2H3,(H,19,21). The average Bonchev–Trinajstić information content (AvgIpc) is 3.26. The monoisotopic (exact) mass is 342 g/mol. The van der Waals surface area contributed by atoms with Crippen molar-refractivity contribution in [1.29, 1.82) is 0 Å². The number of rotatable bonds is 6. The van der Waals surface area contributed by atoms with Crippen LogP contribution < -0.4 is 5.32 Å². The van der Waals surface area contributed by atoms with Crippen molar-refractivity contribution in [2.45, 2.75) is 13.0 Å². The second-order valence-corrected chi connectivity index (χ2v) is 6.64. The summed E-state index contributed by atoms with van der Waals surface area (Å²) in [7, 11) is 1.63. The highest BCUT2D eigenvalue weighted by Gasteiger charge is 2.17. The molecular weight excluding hydrogens is 324 g/mol. The first-order valence-electron chi connectivity index (χ1n) is 7.57. The molecule has 0 bridgehead atoms. The van der Waals surface area contributed by atoms with Crippen LogP contribution in [0.1, 0.15) is 26.3 Å². The Morgan fingerprint density at radius 3 is 2.75 bits per heavy atom. The Morgan fingerprint density at radius 1 is 1.29 bits per heavy atom. The molecule has 124 valence electrons. The normalized spacial score (nSPS) is 12.1. The molecule has 0 radical (unpaired) electrons. The number of carbonyl (C=O) groups excluding carboxylic acids is 1. The quantitative estimate of drug-likeness (QED) is 0.739. The molecule has 5 nitrogen and oxygen atoms in total. The van der Waals surface area contributed by atoms with Crippen LogP contribution in [0, 0.1) is 6.92 Å². The van der Waals surface area contributed by atoms with Crippen molar-refractivity contribution in [2.75, 3.05) is 13.7 Å². The molecule has 0 aliphatic carbocycles. The summed E-state index contributed by atoms with van der Waals surface area (Å²) < 4.78 is 10.7. The Hall–Kier alpha value is -2.44. The summed E-state index contributed by atoms with van der Waals surface area (Å²) in [6.45, 7) is 2.42. The Kier molecular flexibility index (Phi) is 5.08. The maximum atomic E-state index is 12.3. The van der Waals surface area contributed by atoms with Crippen molar-refractivity contribution in [1.82, 2.24) is 10.5 Å². The number of ether oxygens (including phenoxy) is 1. The van der Waals surface area contributed by atoms with Gasteiger partial charge in [0.05, 0.1) is 0 Å². The van der Waals surface area contributed by atoms with E-state index >= 15 is 0 Å². The van der Waals surface area contributed by atoms with Crippen molar-refractivity contribution in [3.63, 3.8) is 0 Å². The van der Waals surface area contributed by atoms with Gasteiger partial charge in [0.25, 0.3) is 5.91 Å². The van der Waals surface area contributed by atoms with Gasteiger partial charge in [0.1, 0.15) is 6.10 Å². The fraction of sp³-hybridized carbons (Fsp3) is 0.222. The SMILES string of the molecule is COC(CNC(=O)c1cc(-c2ccccc2)on1)c1ccc(C)s1. The van der Waals surface area contributed by atoms with E-state index < -0.39 is 0 Å². The zero-order valence-electron chi connectivity index (χ0n) is 13.5. The lowest BCUT2D eigenvalue weighted by Gasteiger charge is -2.13. The lowest BCUT2D eigenvalue weighted by Crippen LogP contribution is -2.29. The van der Waals surface area contributed by atoms with Gasteiger partial charge in [-0.05, 0) is 19.1 Å². The van der Waals surface area contributed by atoms with Gasteiger partial charge in [-0.2, -0.15) is 0 Å². The minimum absolute atomic E-state index is 0.173. The predicted molar refractivity (Wildman–Crippen MR) is 93.1 cm³/mol. The van der Waals surface area contributed by atoms with Crippen LogP contribution in [0.25, 0.3) is 11.3 Å². The van der Waals surface area contributed by atoms with E-state index in [9.17, 15) is 4.79 Å². The molecule has 1 aromatic carbocycles. The molecule has 0 spiro atoms. The van der Waals surface area contributed by atoms with Gasteiger partial charge in [-0.3, -0.25) is 4.79 Å². The molecule has 6 heteroatoms. The minimum atomic E-state index is -0.281. The number of thiophene rings is 1. The van der Waals surface area contributed by atoms with Crippen LogP contribution >= 0.6 is 11.3 Å². The summed E-state index contributed by atoms with van der Waals surface area (Å²) >= 11 is 1.66. The maximum absolute atomic E-state index is 12.3. The first-order valence-corrected chi connectivity index (χ1v) is 8.38. The van der Waals surface area contributed by atoms with Gasteiger partial charge in [-0.25, -0.2) is 0 Å². The molecule has 1 atom stereocenters. The van der Waals surface area contributed by atoms with E-state index in [-0.39, 0.29) is 17.7 Å². The van der Waals surface area contributed by atoms with Crippen molar-refractivity contribution in [3.05, 3.63) is 64.0 Å². The first kappa shape index (κ1) is 16.4. The van der Waals surface area contributed by atoms with E-state index in [2.05, 4.69) is 10.5 Å². The molecule has 3 rings (SSSR count). The lowest BCUT2D eigenvalue weighted by atomic mass is 10.1. The summed E-state index contributed by atoms with van der Waals surface area (Å²) in [5, 5.41) is 6.69. The lowest BCUT2D eigenvalue weighted by molar-refractivity contribution is 0.0831. The van der Waals surface area contributed by atoms with E-state index in [1.807, 2.05) is 49.4 Å². The highest BCUT2D eigenvalue weighted by molar-refractivity contribution is 7.12. The van der Waals surface area contributed by atoms with Gasteiger partial charge in [-0.15, -0.1) is 11.3 Å². The Morgan fingerprint density at radius 2 is 2.08 bits per heavy atom. The smallest absolute Gasteiger partial charge is 0.273 e. The Balaban J connectivity index is 1.64. The second kappa shape index (κ2) is 7.42. The molecule has 1 unspecified atom stereocenters. The number of nitrogens with zero attached hydrogens (tertiary/aromatic N) is 1. The summed E-state index contributed by atoms with van der Waals surface area (Å²) in [4.78, 5) is 14.6. The fourth-order valence-electron chi connectivity index (χ4n) is 2.32. The van der Waals surface area contributed by atoms with Crippen molar-refractivity contribution >= 4 is 17.2 Å². The highest BCUT2D eigenvalue weighted by Crippen LogP contribution is 2.25. The number of benzene rings is 1. The number of hydrogen-bond donors (Lipinski definition) is 1. The molecule has 0 saturated heterocycles. The molecule has 24 heavy (non-hydrogen) atoms. The van der Waals surface area contributed by atoms with E-state index in [1.165, 1.54) is 4.88 Å². The number of carbonyl (C=O) groups is 1. The number of amides is 1. The van der Waals surface area contributed by atoms with Crippen LogP contribution in [0.4, 0.5) is 0 Å². The molecule has 0 aliphatic rings. The molecule has 3 aromatic rings. The van der Waals surface area contributed by atoms with Crippen LogP contribution in [0.2, 0.25) is 0 Å². The third kappa shape index (κ3) is 3.72. The van der Waals surface area contributed by atoms with Gasteiger partial charge in [0.2, 0.25) is 0 Å². The van der Waals surface area contributed by atoms with Crippen LogP contribution in [0.15, 0.2) is 53.1 Å². The van der Waals surface area contributed by atoms with E-state index in [0.29, 0.717) is 12.3 Å². The third-order valence-corrected chi connectivity index (χ3v) is 4.70. The second-order valence-electron chi connectivity index (χ2n) is 5.33. The summed E-state index contributed by atoms with van der Waals surface area (Å²) in [6.07, 6.45) is -0.173. The zero-order chi connectivity index (χ0) is 16.9. The fourth-order valence-corrected chi connectivity index (χ4v) is 3.28. The average molecular weight is 342 g/mol. The Labute approximate surface area is 144 Å². The molecular formula is C18H18N2O3S. The number of aryl methyl sites for hydroxylation is 1. The largest absolute Gasteiger partial charge is 0.374 e. The topological polar surface area (TPSA) is 64.4 Å². The predicted octanol–water partition coefficient (Wildman–Crippen LogP) is 3.83. The van der Waals surface area contributed by atoms with Crippen molar-refractivity contribution in [2.24, 2.45) is 0 Å². The first-order chi connectivity index (χ1) is 11.7. The maximum Gasteiger partial charge on any atom is 0.273 e.